The highest BCUT2D eigenvalue weighted by atomic mass is 19.1. The number of nitrogens with one attached hydrogen (secondary N) is 2. The van der Waals surface area contributed by atoms with E-state index in [4.69, 9.17) is 0 Å². The second kappa shape index (κ2) is 7.02. The van der Waals surface area contributed by atoms with E-state index in [9.17, 15) is 9.18 Å². The number of H-pyrrole nitrogens is 1. The van der Waals surface area contributed by atoms with Crippen LogP contribution in [0.3, 0.4) is 0 Å². The lowest BCUT2D eigenvalue weighted by Crippen LogP contribution is -2.22. The van der Waals surface area contributed by atoms with Crippen LogP contribution < -0.4 is 11.0 Å². The first kappa shape index (κ1) is 17.1. The SMILES string of the molecule is Cc1cccc(F)c1Cn1c(=O)[nH]c2cnc(NCCN(C)C)nc21. The van der Waals surface area contributed by atoms with Crippen LogP contribution in [0, 0.1) is 12.7 Å². The summed E-state index contributed by atoms with van der Waals surface area (Å²) >= 11 is 0. The molecule has 0 fully saturated rings. The molecule has 132 valence electrons. The first-order chi connectivity index (χ1) is 12.0. The number of aromatic amines is 1. The van der Waals surface area contributed by atoms with Gasteiger partial charge in [0, 0.05) is 18.7 Å². The topological polar surface area (TPSA) is 78.8 Å². The molecule has 0 unspecified atom stereocenters. The average Bonchev–Trinajstić information content (AvgIpc) is 2.86. The van der Waals surface area contributed by atoms with E-state index in [1.165, 1.54) is 10.6 Å². The van der Waals surface area contributed by atoms with Crippen LogP contribution in [-0.2, 0) is 6.54 Å². The molecule has 0 amide bonds. The van der Waals surface area contributed by atoms with Crippen LogP contribution >= 0.6 is 0 Å². The van der Waals surface area contributed by atoms with Gasteiger partial charge in [-0.25, -0.2) is 14.2 Å². The monoisotopic (exact) mass is 344 g/mol. The van der Waals surface area contributed by atoms with Crippen molar-refractivity contribution >= 4 is 17.1 Å². The van der Waals surface area contributed by atoms with Crippen molar-refractivity contribution < 1.29 is 4.39 Å². The molecule has 25 heavy (non-hydrogen) atoms. The summed E-state index contributed by atoms with van der Waals surface area (Å²) in [5, 5.41) is 3.12. The molecule has 0 aliphatic heterocycles. The van der Waals surface area contributed by atoms with E-state index < -0.39 is 0 Å². The predicted molar refractivity (Wildman–Crippen MR) is 95.4 cm³/mol. The molecule has 0 aliphatic carbocycles. The first-order valence-corrected chi connectivity index (χ1v) is 8.04. The zero-order valence-corrected chi connectivity index (χ0v) is 14.5. The van der Waals surface area contributed by atoms with Gasteiger partial charge in [-0.15, -0.1) is 0 Å². The van der Waals surface area contributed by atoms with Gasteiger partial charge in [0.15, 0.2) is 5.65 Å². The standard InChI is InChI=1S/C17H21FN6O/c1-11-5-4-6-13(18)12(11)10-24-15-14(21-17(24)25)9-20-16(22-15)19-7-8-23(2)3/h4-6,9H,7-8,10H2,1-3H3,(H,21,25)(H,19,20,22). The maximum absolute atomic E-state index is 14.1. The molecule has 3 aromatic rings. The minimum atomic E-state index is -0.336. The van der Waals surface area contributed by atoms with Gasteiger partial charge in [0.05, 0.1) is 12.7 Å². The fourth-order valence-corrected chi connectivity index (χ4v) is 2.59. The molecule has 0 bridgehead atoms. The Morgan fingerprint density at radius 1 is 1.36 bits per heavy atom. The number of nitrogens with zero attached hydrogens (tertiary/aromatic N) is 4. The quantitative estimate of drug-likeness (QED) is 0.710. The number of fused-ring (bicyclic) bond motifs is 1. The molecule has 0 saturated carbocycles. The number of benzene rings is 1. The van der Waals surface area contributed by atoms with Gasteiger partial charge in [0.1, 0.15) is 11.3 Å². The Bertz CT molecular complexity index is 926. The van der Waals surface area contributed by atoms with Crippen molar-refractivity contribution in [2.75, 3.05) is 32.5 Å². The normalized spacial score (nSPS) is 11.4. The number of anilines is 1. The maximum atomic E-state index is 14.1. The Morgan fingerprint density at radius 2 is 2.16 bits per heavy atom. The number of aromatic nitrogens is 4. The Balaban J connectivity index is 1.94. The number of likely N-dealkylation sites (N-methyl/N-ethyl adjacent to an activating group) is 1. The highest BCUT2D eigenvalue weighted by molar-refractivity contribution is 5.71. The number of aryl methyl sites for hydroxylation is 1. The van der Waals surface area contributed by atoms with Crippen molar-refractivity contribution in [2.45, 2.75) is 13.5 Å². The third-order valence-corrected chi connectivity index (χ3v) is 4.02. The van der Waals surface area contributed by atoms with Crippen molar-refractivity contribution in [3.05, 3.63) is 51.8 Å². The molecule has 2 aromatic heterocycles. The smallest absolute Gasteiger partial charge is 0.328 e. The fourth-order valence-electron chi connectivity index (χ4n) is 2.59. The number of imidazole rings is 1. The summed E-state index contributed by atoms with van der Waals surface area (Å²) in [5.74, 6) is 0.104. The van der Waals surface area contributed by atoms with Gasteiger partial charge in [-0.3, -0.25) is 4.57 Å². The van der Waals surface area contributed by atoms with Gasteiger partial charge in [-0.05, 0) is 32.6 Å². The van der Waals surface area contributed by atoms with Gasteiger partial charge in [-0.1, -0.05) is 12.1 Å². The van der Waals surface area contributed by atoms with Crippen LogP contribution in [0.5, 0.6) is 0 Å². The maximum Gasteiger partial charge on any atom is 0.328 e. The summed E-state index contributed by atoms with van der Waals surface area (Å²) in [4.78, 5) is 25.6. The fraction of sp³-hybridized carbons (Fsp3) is 0.353. The zero-order chi connectivity index (χ0) is 18.0. The minimum absolute atomic E-state index is 0.117. The predicted octanol–water partition coefficient (Wildman–Crippen LogP) is 1.59. The van der Waals surface area contributed by atoms with Gasteiger partial charge in [0.25, 0.3) is 0 Å². The lowest BCUT2D eigenvalue weighted by Gasteiger charge is -2.11. The van der Waals surface area contributed by atoms with Crippen LogP contribution in [0.25, 0.3) is 11.2 Å². The van der Waals surface area contributed by atoms with E-state index in [0.29, 0.717) is 29.2 Å². The molecule has 0 radical (unpaired) electrons. The van der Waals surface area contributed by atoms with Crippen molar-refractivity contribution in [2.24, 2.45) is 0 Å². The van der Waals surface area contributed by atoms with Crippen molar-refractivity contribution in [1.82, 2.24) is 24.4 Å². The molecule has 8 heteroatoms. The van der Waals surface area contributed by atoms with Gasteiger partial charge >= 0.3 is 5.69 Å². The third kappa shape index (κ3) is 3.69. The van der Waals surface area contributed by atoms with Crippen LogP contribution in [0.2, 0.25) is 0 Å². The van der Waals surface area contributed by atoms with Crippen LogP contribution in [-0.4, -0.2) is 51.6 Å². The van der Waals surface area contributed by atoms with Crippen molar-refractivity contribution in [3.63, 3.8) is 0 Å². The van der Waals surface area contributed by atoms with E-state index >= 15 is 0 Å². The largest absolute Gasteiger partial charge is 0.353 e. The zero-order valence-electron chi connectivity index (χ0n) is 14.5. The Morgan fingerprint density at radius 3 is 2.88 bits per heavy atom. The third-order valence-electron chi connectivity index (χ3n) is 4.02. The molecule has 3 rings (SSSR count). The lowest BCUT2D eigenvalue weighted by molar-refractivity contribution is 0.425. The highest BCUT2D eigenvalue weighted by Gasteiger charge is 2.13. The summed E-state index contributed by atoms with van der Waals surface area (Å²) in [5.41, 5.74) is 1.91. The van der Waals surface area contributed by atoms with Crippen LogP contribution in [0.15, 0.2) is 29.2 Å². The molecule has 2 N–H and O–H groups in total. The van der Waals surface area contributed by atoms with Crippen molar-refractivity contribution in [1.29, 1.82) is 0 Å². The second-order valence-electron chi connectivity index (χ2n) is 6.21. The molecule has 7 nitrogen and oxygen atoms in total. The summed E-state index contributed by atoms with van der Waals surface area (Å²) in [6, 6.07) is 4.87. The Labute approximate surface area is 144 Å². The van der Waals surface area contributed by atoms with Crippen LogP contribution in [0.1, 0.15) is 11.1 Å². The Kier molecular flexibility index (Phi) is 4.80. The second-order valence-corrected chi connectivity index (χ2v) is 6.21. The number of hydrogen-bond donors (Lipinski definition) is 2. The van der Waals surface area contributed by atoms with E-state index in [2.05, 4.69) is 20.3 Å². The molecular weight excluding hydrogens is 323 g/mol. The molecule has 0 atom stereocenters. The molecule has 0 saturated heterocycles. The average molecular weight is 344 g/mol. The highest BCUT2D eigenvalue weighted by Crippen LogP contribution is 2.16. The summed E-state index contributed by atoms with van der Waals surface area (Å²) in [7, 11) is 3.96. The van der Waals surface area contributed by atoms with Gasteiger partial charge in [0.2, 0.25) is 5.95 Å². The summed E-state index contributed by atoms with van der Waals surface area (Å²) < 4.78 is 15.6. The first-order valence-electron chi connectivity index (χ1n) is 8.04. The minimum Gasteiger partial charge on any atom is -0.353 e. The molecule has 2 heterocycles. The lowest BCUT2D eigenvalue weighted by atomic mass is 10.1. The van der Waals surface area contributed by atoms with Crippen LogP contribution in [0.4, 0.5) is 10.3 Å². The molecule has 0 spiro atoms. The summed E-state index contributed by atoms with van der Waals surface area (Å²) in [6.07, 6.45) is 1.56. The number of halogens is 1. The van der Waals surface area contributed by atoms with E-state index in [1.807, 2.05) is 32.0 Å². The number of rotatable bonds is 6. The molecule has 0 aliphatic rings. The van der Waals surface area contributed by atoms with E-state index in [0.717, 1.165) is 12.1 Å². The van der Waals surface area contributed by atoms with Gasteiger partial charge < -0.3 is 15.2 Å². The van der Waals surface area contributed by atoms with E-state index in [1.54, 1.807) is 12.3 Å². The summed E-state index contributed by atoms with van der Waals surface area (Å²) in [6.45, 7) is 3.45. The molecule has 1 aromatic carbocycles. The Hall–Kier alpha value is -2.74. The number of hydrogen-bond acceptors (Lipinski definition) is 5. The van der Waals surface area contributed by atoms with Gasteiger partial charge in [-0.2, -0.15) is 4.98 Å². The van der Waals surface area contributed by atoms with Crippen molar-refractivity contribution in [3.8, 4) is 0 Å². The molecular formula is C17H21FN6O. The van der Waals surface area contributed by atoms with E-state index in [-0.39, 0.29) is 18.1 Å².